The Kier molecular flexibility index (Phi) is 4.59. The lowest BCUT2D eigenvalue weighted by molar-refractivity contribution is -0.128. The molecule has 3 nitrogen and oxygen atoms in total. The summed E-state index contributed by atoms with van der Waals surface area (Å²) < 4.78 is 0. The fraction of sp³-hybridized carbons (Fsp3) is 0.438. The molecule has 3 heteroatoms. The maximum absolute atomic E-state index is 11.9. The van der Waals surface area contributed by atoms with Gasteiger partial charge in [0.05, 0.1) is 0 Å². The van der Waals surface area contributed by atoms with Crippen LogP contribution in [0.1, 0.15) is 30.9 Å². The average molecular weight is 257 g/mol. The van der Waals surface area contributed by atoms with E-state index in [2.05, 4.69) is 18.8 Å². The van der Waals surface area contributed by atoms with Crippen LogP contribution in [0.3, 0.4) is 0 Å². The van der Waals surface area contributed by atoms with Gasteiger partial charge in [0.25, 0.3) is 0 Å². The van der Waals surface area contributed by atoms with Gasteiger partial charge in [-0.05, 0) is 23.6 Å². The third-order valence-corrected chi connectivity index (χ3v) is 3.48. The molecule has 1 aromatic carbocycles. The first-order valence-electron chi connectivity index (χ1n) is 6.69. The number of benzene rings is 1. The van der Waals surface area contributed by atoms with E-state index in [1.165, 1.54) is 0 Å². The summed E-state index contributed by atoms with van der Waals surface area (Å²) in [4.78, 5) is 13.8. The van der Waals surface area contributed by atoms with Crippen LogP contribution in [-0.2, 0) is 11.3 Å². The molecule has 0 radical (unpaired) electrons. The Bertz CT molecular complexity index is 513. The lowest BCUT2D eigenvalue weighted by Crippen LogP contribution is -2.24. The molecule has 0 aliphatic carbocycles. The molecule has 19 heavy (non-hydrogen) atoms. The fourth-order valence-electron chi connectivity index (χ4n) is 2.39. The molecule has 100 valence electrons. The van der Waals surface area contributed by atoms with Gasteiger partial charge in [0.2, 0.25) is 5.91 Å². The molecule has 1 fully saturated rings. The van der Waals surface area contributed by atoms with Gasteiger partial charge in [-0.15, -0.1) is 0 Å². The average Bonchev–Trinajstić information content (AvgIpc) is 2.77. The summed E-state index contributed by atoms with van der Waals surface area (Å²) in [6.07, 6.45) is 1.74. The highest BCUT2D eigenvalue weighted by Gasteiger charge is 2.27. The molecule has 0 saturated carbocycles. The first-order valence-corrected chi connectivity index (χ1v) is 6.69. The van der Waals surface area contributed by atoms with Crippen molar-refractivity contribution >= 4 is 5.91 Å². The van der Waals surface area contributed by atoms with Gasteiger partial charge in [0.1, 0.15) is 6.61 Å². The Labute approximate surface area is 114 Å². The number of carbonyl (C=O) groups is 1. The lowest BCUT2D eigenvalue weighted by Gasteiger charge is -2.16. The number of hydrogen-bond acceptors (Lipinski definition) is 2. The number of aliphatic hydroxyl groups is 1. The number of nitrogens with zero attached hydrogens (tertiary/aromatic N) is 1. The zero-order valence-corrected chi connectivity index (χ0v) is 11.2. The van der Waals surface area contributed by atoms with Crippen molar-refractivity contribution in [3.63, 3.8) is 0 Å². The third kappa shape index (κ3) is 3.59. The van der Waals surface area contributed by atoms with Gasteiger partial charge in [0.15, 0.2) is 0 Å². The largest absolute Gasteiger partial charge is 0.384 e. The summed E-state index contributed by atoms with van der Waals surface area (Å²) in [6.45, 7) is 3.52. The summed E-state index contributed by atoms with van der Waals surface area (Å²) in [5.74, 6) is 6.28. The summed E-state index contributed by atoms with van der Waals surface area (Å²) in [5, 5.41) is 8.69. The molecule has 1 aliphatic heterocycles. The number of aliphatic hydroxyl groups excluding tert-OH is 1. The molecule has 1 atom stereocenters. The molecule has 1 unspecified atom stereocenters. The molecule has 1 heterocycles. The van der Waals surface area contributed by atoms with Crippen LogP contribution in [0.2, 0.25) is 0 Å². The minimum Gasteiger partial charge on any atom is -0.384 e. The van der Waals surface area contributed by atoms with Gasteiger partial charge in [-0.1, -0.05) is 37.3 Å². The van der Waals surface area contributed by atoms with E-state index in [9.17, 15) is 4.79 Å². The van der Waals surface area contributed by atoms with Crippen molar-refractivity contribution in [1.82, 2.24) is 4.90 Å². The smallest absolute Gasteiger partial charge is 0.223 e. The van der Waals surface area contributed by atoms with E-state index in [-0.39, 0.29) is 12.5 Å². The van der Waals surface area contributed by atoms with E-state index in [4.69, 9.17) is 5.11 Å². The number of amides is 1. The monoisotopic (exact) mass is 257 g/mol. The molecular formula is C16H19NO2. The van der Waals surface area contributed by atoms with Gasteiger partial charge >= 0.3 is 0 Å². The topological polar surface area (TPSA) is 40.5 Å². The van der Waals surface area contributed by atoms with E-state index in [1.54, 1.807) is 0 Å². The molecule has 0 aromatic heterocycles. The predicted octanol–water partition coefficient (Wildman–Crippen LogP) is 1.79. The summed E-state index contributed by atoms with van der Waals surface area (Å²) in [5.41, 5.74) is 1.97. The molecule has 2 rings (SSSR count). The number of hydrogen-bond donors (Lipinski definition) is 1. The van der Waals surface area contributed by atoms with Crippen LogP contribution >= 0.6 is 0 Å². The van der Waals surface area contributed by atoms with E-state index in [0.29, 0.717) is 18.9 Å². The van der Waals surface area contributed by atoms with Gasteiger partial charge in [-0.2, -0.15) is 0 Å². The highest BCUT2D eigenvalue weighted by molar-refractivity contribution is 5.78. The summed E-state index contributed by atoms with van der Waals surface area (Å²) in [7, 11) is 0. The van der Waals surface area contributed by atoms with Crippen molar-refractivity contribution in [3.05, 3.63) is 35.4 Å². The van der Waals surface area contributed by atoms with Crippen LogP contribution in [-0.4, -0.2) is 29.1 Å². The molecule has 1 aromatic rings. The Morgan fingerprint density at radius 3 is 3.00 bits per heavy atom. The zero-order chi connectivity index (χ0) is 13.7. The van der Waals surface area contributed by atoms with Crippen molar-refractivity contribution in [3.8, 4) is 11.8 Å². The highest BCUT2D eigenvalue weighted by Crippen LogP contribution is 2.22. The van der Waals surface area contributed by atoms with Crippen molar-refractivity contribution < 1.29 is 9.90 Å². The number of carbonyl (C=O) groups excluding carboxylic acids is 1. The van der Waals surface area contributed by atoms with Gasteiger partial charge in [0, 0.05) is 25.1 Å². The molecular weight excluding hydrogens is 238 g/mol. The molecule has 1 N–H and O–H groups in total. The Balaban J connectivity index is 2.05. The van der Waals surface area contributed by atoms with E-state index >= 15 is 0 Å². The second kappa shape index (κ2) is 6.40. The Hall–Kier alpha value is -1.79. The predicted molar refractivity (Wildman–Crippen MR) is 74.2 cm³/mol. The van der Waals surface area contributed by atoms with Crippen LogP contribution in [0.5, 0.6) is 0 Å². The van der Waals surface area contributed by atoms with Crippen molar-refractivity contribution in [2.45, 2.75) is 26.3 Å². The molecule has 0 bridgehead atoms. The standard InChI is InChI=1S/C16H19NO2/c1-2-13-10-16(19)17(11-13)12-15-6-3-5-14(9-15)7-4-8-18/h3,5-6,9,13,18H,2,8,10-12H2,1H3. The third-order valence-electron chi connectivity index (χ3n) is 3.48. The first kappa shape index (κ1) is 13.6. The zero-order valence-electron chi connectivity index (χ0n) is 11.2. The number of rotatable bonds is 3. The first-order chi connectivity index (χ1) is 9.22. The van der Waals surface area contributed by atoms with Gasteiger partial charge in [-0.3, -0.25) is 4.79 Å². The van der Waals surface area contributed by atoms with E-state index < -0.39 is 0 Å². The minimum atomic E-state index is -0.132. The maximum atomic E-state index is 11.9. The Morgan fingerprint density at radius 2 is 2.32 bits per heavy atom. The second-order valence-corrected chi connectivity index (χ2v) is 4.91. The minimum absolute atomic E-state index is 0.132. The molecule has 1 aliphatic rings. The van der Waals surface area contributed by atoms with Crippen LogP contribution < -0.4 is 0 Å². The highest BCUT2D eigenvalue weighted by atomic mass is 16.2. The van der Waals surface area contributed by atoms with Crippen molar-refractivity contribution in [1.29, 1.82) is 0 Å². The molecule has 1 amide bonds. The van der Waals surface area contributed by atoms with Crippen LogP contribution in [0.15, 0.2) is 24.3 Å². The quantitative estimate of drug-likeness (QED) is 0.839. The van der Waals surface area contributed by atoms with E-state index in [1.807, 2.05) is 29.2 Å². The van der Waals surface area contributed by atoms with Crippen molar-refractivity contribution in [2.75, 3.05) is 13.2 Å². The van der Waals surface area contributed by atoms with E-state index in [0.717, 1.165) is 24.1 Å². The number of likely N-dealkylation sites (tertiary alicyclic amines) is 1. The normalized spacial score (nSPS) is 18.3. The Morgan fingerprint density at radius 1 is 1.47 bits per heavy atom. The second-order valence-electron chi connectivity index (χ2n) is 4.91. The lowest BCUT2D eigenvalue weighted by atomic mass is 10.1. The van der Waals surface area contributed by atoms with Gasteiger partial charge in [-0.25, -0.2) is 0 Å². The molecule has 1 saturated heterocycles. The van der Waals surface area contributed by atoms with Crippen LogP contribution in [0.4, 0.5) is 0 Å². The summed E-state index contributed by atoms with van der Waals surface area (Å²) in [6, 6.07) is 7.84. The SMILES string of the molecule is CCC1CC(=O)N(Cc2cccc(C#CCO)c2)C1. The fourth-order valence-corrected chi connectivity index (χ4v) is 2.39. The molecule has 0 spiro atoms. The van der Waals surface area contributed by atoms with Crippen LogP contribution in [0, 0.1) is 17.8 Å². The van der Waals surface area contributed by atoms with Gasteiger partial charge < -0.3 is 10.0 Å². The summed E-state index contributed by atoms with van der Waals surface area (Å²) >= 11 is 0. The van der Waals surface area contributed by atoms with Crippen molar-refractivity contribution in [2.24, 2.45) is 5.92 Å². The van der Waals surface area contributed by atoms with Crippen LogP contribution in [0.25, 0.3) is 0 Å². The maximum Gasteiger partial charge on any atom is 0.223 e.